The van der Waals surface area contributed by atoms with Crippen molar-refractivity contribution < 1.29 is 5.11 Å². The Morgan fingerprint density at radius 2 is 2.17 bits per heavy atom. The van der Waals surface area contributed by atoms with Crippen molar-refractivity contribution in [1.82, 2.24) is 5.32 Å². The van der Waals surface area contributed by atoms with Crippen molar-refractivity contribution in [2.75, 3.05) is 13.2 Å². The van der Waals surface area contributed by atoms with Crippen LogP contribution in [0.15, 0.2) is 12.7 Å². The van der Waals surface area contributed by atoms with E-state index in [1.807, 2.05) is 6.08 Å². The summed E-state index contributed by atoms with van der Waals surface area (Å²) in [4.78, 5) is 0. The molecular formula is C10H21NO. The molecule has 0 rings (SSSR count). The number of hydrogen-bond acceptors (Lipinski definition) is 2. The summed E-state index contributed by atoms with van der Waals surface area (Å²) in [6.07, 6.45) is 3.78. The first-order valence-electron chi connectivity index (χ1n) is 4.67. The van der Waals surface area contributed by atoms with E-state index >= 15 is 0 Å². The van der Waals surface area contributed by atoms with Crippen molar-refractivity contribution in [3.63, 3.8) is 0 Å². The molecule has 0 aliphatic heterocycles. The number of aliphatic hydroxyl groups excluding tert-OH is 1. The van der Waals surface area contributed by atoms with Gasteiger partial charge in [0, 0.05) is 12.6 Å². The zero-order chi connectivity index (χ0) is 9.40. The van der Waals surface area contributed by atoms with Crippen LogP contribution in [0, 0.1) is 5.92 Å². The maximum absolute atomic E-state index is 8.59. The lowest BCUT2D eigenvalue weighted by molar-refractivity contribution is 0.278. The minimum atomic E-state index is 0.270. The molecule has 0 saturated heterocycles. The van der Waals surface area contributed by atoms with E-state index in [0.29, 0.717) is 12.0 Å². The molecular weight excluding hydrogens is 150 g/mol. The molecule has 0 aromatic heterocycles. The maximum atomic E-state index is 8.59. The third kappa shape index (κ3) is 5.33. The average molecular weight is 171 g/mol. The topological polar surface area (TPSA) is 32.3 Å². The van der Waals surface area contributed by atoms with E-state index in [-0.39, 0.29) is 6.61 Å². The monoisotopic (exact) mass is 171 g/mol. The minimum absolute atomic E-state index is 0.270. The van der Waals surface area contributed by atoms with Gasteiger partial charge in [-0.05, 0) is 25.3 Å². The van der Waals surface area contributed by atoms with Crippen LogP contribution in [0.5, 0.6) is 0 Å². The molecule has 0 aromatic rings. The Morgan fingerprint density at radius 3 is 2.58 bits per heavy atom. The summed E-state index contributed by atoms with van der Waals surface area (Å²) in [5, 5.41) is 12.0. The fraction of sp³-hybridized carbons (Fsp3) is 0.800. The Kier molecular flexibility index (Phi) is 7.11. The SMILES string of the molecule is C=CC[C@@H](NCCCO)C(C)C. The zero-order valence-electron chi connectivity index (χ0n) is 8.21. The summed E-state index contributed by atoms with van der Waals surface area (Å²) in [7, 11) is 0. The van der Waals surface area contributed by atoms with Crippen molar-refractivity contribution in [1.29, 1.82) is 0 Å². The number of aliphatic hydroxyl groups is 1. The van der Waals surface area contributed by atoms with Gasteiger partial charge in [0.25, 0.3) is 0 Å². The van der Waals surface area contributed by atoms with E-state index < -0.39 is 0 Å². The van der Waals surface area contributed by atoms with E-state index in [0.717, 1.165) is 19.4 Å². The van der Waals surface area contributed by atoms with Gasteiger partial charge in [-0.2, -0.15) is 0 Å². The predicted octanol–water partition coefficient (Wildman–Crippen LogP) is 1.56. The van der Waals surface area contributed by atoms with Crippen molar-refractivity contribution in [3.8, 4) is 0 Å². The first-order chi connectivity index (χ1) is 5.72. The van der Waals surface area contributed by atoms with E-state index in [1.165, 1.54) is 0 Å². The van der Waals surface area contributed by atoms with Crippen molar-refractivity contribution >= 4 is 0 Å². The molecule has 0 fully saturated rings. The van der Waals surface area contributed by atoms with E-state index in [1.54, 1.807) is 0 Å². The summed E-state index contributed by atoms with van der Waals surface area (Å²) in [6, 6.07) is 0.508. The Bertz CT molecular complexity index is 112. The van der Waals surface area contributed by atoms with Crippen molar-refractivity contribution in [2.45, 2.75) is 32.7 Å². The Balaban J connectivity index is 3.55. The molecule has 0 heterocycles. The lowest BCUT2D eigenvalue weighted by Gasteiger charge is -2.20. The fourth-order valence-corrected chi connectivity index (χ4v) is 1.14. The van der Waals surface area contributed by atoms with Gasteiger partial charge in [0.15, 0.2) is 0 Å². The molecule has 0 aliphatic carbocycles. The van der Waals surface area contributed by atoms with Gasteiger partial charge < -0.3 is 10.4 Å². The maximum Gasteiger partial charge on any atom is 0.0443 e. The summed E-state index contributed by atoms with van der Waals surface area (Å²) in [5.74, 6) is 0.627. The molecule has 0 saturated carbocycles. The smallest absolute Gasteiger partial charge is 0.0443 e. The van der Waals surface area contributed by atoms with Gasteiger partial charge in [-0.1, -0.05) is 19.9 Å². The van der Waals surface area contributed by atoms with Crippen molar-refractivity contribution in [3.05, 3.63) is 12.7 Å². The molecule has 2 N–H and O–H groups in total. The highest BCUT2D eigenvalue weighted by atomic mass is 16.3. The molecule has 1 atom stereocenters. The number of rotatable bonds is 7. The number of hydrogen-bond donors (Lipinski definition) is 2. The van der Waals surface area contributed by atoms with Crippen LogP contribution >= 0.6 is 0 Å². The highest BCUT2D eigenvalue weighted by Gasteiger charge is 2.09. The molecule has 0 spiro atoms. The summed E-state index contributed by atoms with van der Waals surface area (Å²) < 4.78 is 0. The van der Waals surface area contributed by atoms with Gasteiger partial charge in [-0.25, -0.2) is 0 Å². The first kappa shape index (κ1) is 11.7. The molecule has 0 unspecified atom stereocenters. The van der Waals surface area contributed by atoms with Crippen LogP contribution in [-0.2, 0) is 0 Å². The molecule has 0 aromatic carbocycles. The Hall–Kier alpha value is -0.340. The minimum Gasteiger partial charge on any atom is -0.396 e. The molecule has 0 amide bonds. The highest BCUT2D eigenvalue weighted by Crippen LogP contribution is 2.05. The van der Waals surface area contributed by atoms with Crippen LogP contribution in [0.2, 0.25) is 0 Å². The van der Waals surface area contributed by atoms with Crippen molar-refractivity contribution in [2.24, 2.45) is 5.92 Å². The van der Waals surface area contributed by atoms with E-state index in [2.05, 4.69) is 25.7 Å². The Labute approximate surface area is 75.7 Å². The van der Waals surface area contributed by atoms with Gasteiger partial charge in [-0.15, -0.1) is 6.58 Å². The van der Waals surface area contributed by atoms with Gasteiger partial charge in [0.1, 0.15) is 0 Å². The third-order valence-corrected chi connectivity index (χ3v) is 1.97. The molecule has 0 radical (unpaired) electrons. The average Bonchev–Trinajstić information content (AvgIpc) is 2.03. The first-order valence-corrected chi connectivity index (χ1v) is 4.67. The van der Waals surface area contributed by atoms with Gasteiger partial charge in [0.2, 0.25) is 0 Å². The second-order valence-corrected chi connectivity index (χ2v) is 3.41. The van der Waals surface area contributed by atoms with Gasteiger partial charge >= 0.3 is 0 Å². The van der Waals surface area contributed by atoms with Crippen LogP contribution in [0.3, 0.4) is 0 Å². The Morgan fingerprint density at radius 1 is 1.50 bits per heavy atom. The molecule has 72 valence electrons. The fourth-order valence-electron chi connectivity index (χ4n) is 1.14. The quantitative estimate of drug-likeness (QED) is 0.450. The third-order valence-electron chi connectivity index (χ3n) is 1.97. The summed E-state index contributed by atoms with van der Waals surface area (Å²) in [5.41, 5.74) is 0. The normalized spacial score (nSPS) is 13.3. The molecule has 2 heteroatoms. The van der Waals surface area contributed by atoms with E-state index in [4.69, 9.17) is 5.11 Å². The lowest BCUT2D eigenvalue weighted by atomic mass is 10.0. The number of nitrogens with one attached hydrogen (secondary N) is 1. The highest BCUT2D eigenvalue weighted by molar-refractivity contribution is 4.79. The molecule has 2 nitrogen and oxygen atoms in total. The van der Waals surface area contributed by atoms with E-state index in [9.17, 15) is 0 Å². The molecule has 0 bridgehead atoms. The summed E-state index contributed by atoms with van der Waals surface area (Å²) >= 11 is 0. The summed E-state index contributed by atoms with van der Waals surface area (Å²) in [6.45, 7) is 9.28. The van der Waals surface area contributed by atoms with Gasteiger partial charge in [-0.3, -0.25) is 0 Å². The van der Waals surface area contributed by atoms with Gasteiger partial charge in [0.05, 0.1) is 0 Å². The van der Waals surface area contributed by atoms with Crippen LogP contribution < -0.4 is 5.32 Å². The lowest BCUT2D eigenvalue weighted by Crippen LogP contribution is -2.34. The van der Waals surface area contributed by atoms with Crippen LogP contribution in [0.1, 0.15) is 26.7 Å². The second-order valence-electron chi connectivity index (χ2n) is 3.41. The zero-order valence-corrected chi connectivity index (χ0v) is 8.21. The van der Waals surface area contributed by atoms with Crippen LogP contribution in [-0.4, -0.2) is 24.3 Å². The molecule has 0 aliphatic rings. The second kappa shape index (κ2) is 7.32. The largest absolute Gasteiger partial charge is 0.396 e. The van der Waals surface area contributed by atoms with Crippen LogP contribution in [0.25, 0.3) is 0 Å². The predicted molar refractivity (Wildman–Crippen MR) is 53.1 cm³/mol. The molecule has 12 heavy (non-hydrogen) atoms. The van der Waals surface area contributed by atoms with Crippen LogP contribution in [0.4, 0.5) is 0 Å². The standard InChI is InChI=1S/C10H21NO/c1-4-6-10(9(2)3)11-7-5-8-12/h4,9-12H,1,5-8H2,2-3H3/t10-/m1/s1.